The highest BCUT2D eigenvalue weighted by molar-refractivity contribution is 7.99. The Morgan fingerprint density at radius 2 is 2.08 bits per heavy atom. The van der Waals surface area contributed by atoms with Crippen LogP contribution in [0.15, 0.2) is 34.5 Å². The maximum absolute atomic E-state index is 12.1. The Hall–Kier alpha value is -3.01. The molecule has 0 saturated carbocycles. The third-order valence-corrected chi connectivity index (χ3v) is 4.15. The van der Waals surface area contributed by atoms with Gasteiger partial charge in [-0.1, -0.05) is 11.8 Å². The summed E-state index contributed by atoms with van der Waals surface area (Å²) in [5, 5.41) is 3.21. The van der Waals surface area contributed by atoms with Crippen molar-refractivity contribution in [3.05, 3.63) is 34.9 Å². The van der Waals surface area contributed by atoms with Crippen LogP contribution in [-0.4, -0.2) is 45.8 Å². The number of aromatic amines is 2. The predicted molar refractivity (Wildman–Crippen MR) is 93.4 cm³/mol. The quantitative estimate of drug-likeness (QED) is 0.567. The molecule has 1 aromatic carbocycles. The average molecular weight is 361 g/mol. The first-order chi connectivity index (χ1) is 12.1. The van der Waals surface area contributed by atoms with Gasteiger partial charge in [0.05, 0.1) is 26.3 Å². The molecule has 3 N–H and O–H groups in total. The van der Waals surface area contributed by atoms with Crippen LogP contribution < -0.4 is 20.3 Å². The molecule has 0 radical (unpaired) electrons. The first-order valence-electron chi connectivity index (χ1n) is 7.19. The molecule has 2 heterocycles. The van der Waals surface area contributed by atoms with Crippen molar-refractivity contribution < 1.29 is 14.3 Å². The van der Waals surface area contributed by atoms with Crippen molar-refractivity contribution in [2.75, 3.05) is 25.3 Å². The van der Waals surface area contributed by atoms with Gasteiger partial charge in [-0.15, -0.1) is 0 Å². The number of nitrogens with one attached hydrogen (secondary N) is 3. The van der Waals surface area contributed by atoms with Crippen LogP contribution in [0.3, 0.4) is 0 Å². The maximum atomic E-state index is 12.1. The van der Waals surface area contributed by atoms with Crippen LogP contribution in [0.5, 0.6) is 11.5 Å². The zero-order valence-electron chi connectivity index (χ0n) is 13.5. The van der Waals surface area contributed by atoms with E-state index in [1.54, 1.807) is 25.3 Å². The van der Waals surface area contributed by atoms with E-state index < -0.39 is 0 Å². The molecule has 0 atom stereocenters. The minimum absolute atomic E-state index is 0.117. The van der Waals surface area contributed by atoms with Gasteiger partial charge in [-0.2, -0.15) is 0 Å². The van der Waals surface area contributed by atoms with Crippen LogP contribution in [0.25, 0.3) is 11.2 Å². The van der Waals surface area contributed by atoms with E-state index in [4.69, 9.17) is 9.47 Å². The molecule has 0 aliphatic heterocycles. The van der Waals surface area contributed by atoms with Crippen LogP contribution in [0, 0.1) is 0 Å². The largest absolute Gasteiger partial charge is 0.493 e. The highest BCUT2D eigenvalue weighted by atomic mass is 32.2. The van der Waals surface area contributed by atoms with E-state index in [1.807, 2.05) is 0 Å². The monoisotopic (exact) mass is 361 g/mol. The number of anilines is 1. The number of carbonyl (C=O) groups excluding carboxylic acids is 1. The molecule has 0 aliphatic carbocycles. The average Bonchev–Trinajstić information content (AvgIpc) is 3.04. The van der Waals surface area contributed by atoms with Crippen LogP contribution in [0.2, 0.25) is 0 Å². The van der Waals surface area contributed by atoms with Gasteiger partial charge in [0.1, 0.15) is 0 Å². The number of aromatic nitrogens is 4. The topological polar surface area (TPSA) is 122 Å². The van der Waals surface area contributed by atoms with Crippen molar-refractivity contribution in [1.82, 2.24) is 19.9 Å². The number of imidazole rings is 1. The Morgan fingerprint density at radius 1 is 1.28 bits per heavy atom. The smallest absolute Gasteiger partial charge is 0.276 e. The van der Waals surface area contributed by atoms with Crippen LogP contribution in [-0.2, 0) is 4.79 Å². The van der Waals surface area contributed by atoms with E-state index in [-0.39, 0.29) is 22.7 Å². The van der Waals surface area contributed by atoms with Crippen LogP contribution >= 0.6 is 11.8 Å². The normalized spacial score (nSPS) is 10.6. The number of thioether (sulfide) groups is 1. The van der Waals surface area contributed by atoms with Crippen LogP contribution in [0.4, 0.5) is 5.69 Å². The SMILES string of the molecule is COc1ccc(NC(=O)CSc2nc3nc[nH]c(=O)c3[nH]2)cc1OC. The number of ether oxygens (including phenoxy) is 2. The summed E-state index contributed by atoms with van der Waals surface area (Å²) in [5.74, 6) is 0.997. The highest BCUT2D eigenvalue weighted by Gasteiger charge is 2.11. The lowest BCUT2D eigenvalue weighted by atomic mass is 10.2. The second-order valence-electron chi connectivity index (χ2n) is 4.88. The van der Waals surface area contributed by atoms with Gasteiger partial charge in [-0.05, 0) is 12.1 Å². The first-order valence-corrected chi connectivity index (χ1v) is 8.17. The molecule has 0 spiro atoms. The summed E-state index contributed by atoms with van der Waals surface area (Å²) in [6.07, 6.45) is 1.28. The van der Waals surface area contributed by atoms with Crippen molar-refractivity contribution in [3.63, 3.8) is 0 Å². The fourth-order valence-corrected chi connectivity index (χ4v) is 2.80. The molecular formula is C15H15N5O4S. The van der Waals surface area contributed by atoms with E-state index >= 15 is 0 Å². The van der Waals surface area contributed by atoms with Crippen molar-refractivity contribution in [3.8, 4) is 11.5 Å². The number of amides is 1. The van der Waals surface area contributed by atoms with E-state index in [0.29, 0.717) is 28.0 Å². The molecule has 3 rings (SSSR count). The number of rotatable bonds is 6. The second kappa shape index (κ2) is 7.26. The number of methoxy groups -OCH3 is 2. The number of carbonyl (C=O) groups is 1. The fourth-order valence-electron chi connectivity index (χ4n) is 2.13. The molecule has 25 heavy (non-hydrogen) atoms. The lowest BCUT2D eigenvalue weighted by molar-refractivity contribution is -0.113. The maximum Gasteiger partial charge on any atom is 0.276 e. The van der Waals surface area contributed by atoms with E-state index in [9.17, 15) is 9.59 Å². The number of H-pyrrole nitrogens is 2. The predicted octanol–water partition coefficient (Wildman–Crippen LogP) is 1.39. The number of benzene rings is 1. The van der Waals surface area contributed by atoms with Gasteiger partial charge in [-0.3, -0.25) is 9.59 Å². The molecule has 0 bridgehead atoms. The number of hydrogen-bond acceptors (Lipinski definition) is 7. The molecule has 3 aromatic rings. The molecule has 9 nitrogen and oxygen atoms in total. The Labute approximate surface area is 146 Å². The molecule has 0 fully saturated rings. The third-order valence-electron chi connectivity index (χ3n) is 3.28. The van der Waals surface area contributed by atoms with Crippen molar-refractivity contribution in [2.24, 2.45) is 0 Å². The summed E-state index contributed by atoms with van der Waals surface area (Å²) >= 11 is 1.17. The van der Waals surface area contributed by atoms with Gasteiger partial charge < -0.3 is 24.8 Å². The van der Waals surface area contributed by atoms with E-state index in [0.717, 1.165) is 0 Å². The Balaban J connectivity index is 1.64. The van der Waals surface area contributed by atoms with Gasteiger partial charge in [0, 0.05) is 11.8 Å². The standard InChI is InChI=1S/C15H15N5O4S/c1-23-9-4-3-8(5-10(9)24-2)18-11(21)6-25-15-19-12-13(20-15)16-7-17-14(12)22/h3-5,7H,6H2,1-2H3,(H,18,21)(H2,16,17,19,20,22). The zero-order valence-corrected chi connectivity index (χ0v) is 14.3. The summed E-state index contributed by atoms with van der Waals surface area (Å²) in [6.45, 7) is 0. The summed E-state index contributed by atoms with van der Waals surface area (Å²) in [4.78, 5) is 37.1. The summed E-state index contributed by atoms with van der Waals surface area (Å²) in [5.41, 5.74) is 0.877. The Bertz CT molecular complexity index is 968. The minimum Gasteiger partial charge on any atom is -0.493 e. The fraction of sp³-hybridized carbons (Fsp3) is 0.200. The minimum atomic E-state index is -0.306. The van der Waals surface area contributed by atoms with Gasteiger partial charge in [0.2, 0.25) is 5.91 Å². The molecule has 0 saturated heterocycles. The van der Waals surface area contributed by atoms with Gasteiger partial charge >= 0.3 is 0 Å². The number of hydrogen-bond donors (Lipinski definition) is 3. The molecular weight excluding hydrogens is 346 g/mol. The summed E-state index contributed by atoms with van der Waals surface area (Å²) < 4.78 is 10.3. The number of nitrogens with zero attached hydrogens (tertiary/aromatic N) is 2. The van der Waals surface area contributed by atoms with E-state index in [1.165, 1.54) is 25.2 Å². The Morgan fingerprint density at radius 3 is 2.80 bits per heavy atom. The molecule has 2 aromatic heterocycles. The lowest BCUT2D eigenvalue weighted by Gasteiger charge is -2.10. The Kier molecular flexibility index (Phi) is 4.89. The van der Waals surface area contributed by atoms with Crippen molar-refractivity contribution >= 4 is 34.5 Å². The second-order valence-corrected chi connectivity index (χ2v) is 5.84. The van der Waals surface area contributed by atoms with E-state index in [2.05, 4.69) is 25.3 Å². The summed E-state index contributed by atoms with van der Waals surface area (Å²) in [7, 11) is 3.07. The van der Waals surface area contributed by atoms with Crippen molar-refractivity contribution in [2.45, 2.75) is 5.16 Å². The molecule has 10 heteroatoms. The van der Waals surface area contributed by atoms with Gasteiger partial charge in [0.15, 0.2) is 27.8 Å². The van der Waals surface area contributed by atoms with Gasteiger partial charge in [-0.25, -0.2) is 9.97 Å². The van der Waals surface area contributed by atoms with Crippen LogP contribution in [0.1, 0.15) is 0 Å². The zero-order chi connectivity index (χ0) is 17.8. The third kappa shape index (κ3) is 3.74. The number of fused-ring (bicyclic) bond motifs is 1. The van der Waals surface area contributed by atoms with Gasteiger partial charge in [0.25, 0.3) is 5.56 Å². The molecule has 130 valence electrons. The lowest BCUT2D eigenvalue weighted by Crippen LogP contribution is -2.14. The van der Waals surface area contributed by atoms with Crippen molar-refractivity contribution in [1.29, 1.82) is 0 Å². The first kappa shape index (κ1) is 16.8. The molecule has 0 unspecified atom stereocenters. The molecule has 0 aliphatic rings. The molecule has 1 amide bonds. The highest BCUT2D eigenvalue weighted by Crippen LogP contribution is 2.29. The summed E-state index contributed by atoms with van der Waals surface area (Å²) in [6, 6.07) is 5.10.